The highest BCUT2D eigenvalue weighted by molar-refractivity contribution is 6.05. The first-order valence-electron chi connectivity index (χ1n) is 13.6. The molecule has 1 saturated heterocycles. The average molecular weight is 519 g/mol. The van der Waals surface area contributed by atoms with Crippen molar-refractivity contribution in [3.05, 3.63) is 84.8 Å². The van der Waals surface area contributed by atoms with E-state index in [4.69, 9.17) is 4.42 Å². The monoisotopic (exact) mass is 518 g/mol. The van der Waals surface area contributed by atoms with Gasteiger partial charge in [-0.15, -0.1) is 0 Å². The molecule has 1 amide bonds. The van der Waals surface area contributed by atoms with E-state index in [0.717, 1.165) is 38.9 Å². The van der Waals surface area contributed by atoms with E-state index in [1.807, 2.05) is 71.8 Å². The number of likely N-dealkylation sites (tertiary alicyclic amines) is 1. The quantitative estimate of drug-likeness (QED) is 0.289. The van der Waals surface area contributed by atoms with Crippen LogP contribution in [0.4, 0.5) is 5.69 Å². The second-order valence-corrected chi connectivity index (χ2v) is 10.7. The van der Waals surface area contributed by atoms with Crippen molar-refractivity contribution in [2.45, 2.75) is 25.3 Å². The maximum Gasteiger partial charge on any atom is 0.242 e. The van der Waals surface area contributed by atoms with E-state index in [1.54, 1.807) is 0 Å². The van der Waals surface area contributed by atoms with Gasteiger partial charge in [0.15, 0.2) is 0 Å². The topological polar surface area (TPSA) is 71.6 Å². The zero-order valence-corrected chi connectivity index (χ0v) is 21.9. The van der Waals surface area contributed by atoms with Crippen LogP contribution in [-0.2, 0) is 9.59 Å². The number of ketones is 1. The van der Waals surface area contributed by atoms with Gasteiger partial charge >= 0.3 is 0 Å². The van der Waals surface area contributed by atoms with Crippen LogP contribution in [0.25, 0.3) is 33.2 Å². The number of imidazole rings is 1. The SMILES string of the molecule is CN(CC(=O)N1CCC(C(=O)CC2c3ccccc3-c3cncn32)CC1)c1ccc2c(c1)oc1ccccc12. The Labute approximate surface area is 226 Å². The number of carbonyl (C=O) groups is 2. The second kappa shape index (κ2) is 9.42. The van der Waals surface area contributed by atoms with Crippen molar-refractivity contribution in [2.24, 2.45) is 5.92 Å². The standard InChI is InChI=1S/C32H30N4O3/c1-34(22-10-11-26-25-8-4-5-9-30(25)39-31(26)16-22)19-32(38)35-14-12-21(13-15-35)29(37)17-27-23-6-2-3-7-24(23)28-18-33-20-36(27)28/h2-11,16,18,20-21,27H,12-15,17,19H2,1H3. The lowest BCUT2D eigenvalue weighted by Gasteiger charge is -2.33. The number of carbonyl (C=O) groups excluding carboxylic acids is 2. The first-order valence-corrected chi connectivity index (χ1v) is 13.6. The molecule has 0 radical (unpaired) electrons. The van der Waals surface area contributed by atoms with E-state index in [2.05, 4.69) is 33.8 Å². The van der Waals surface area contributed by atoms with Crippen LogP contribution in [0, 0.1) is 5.92 Å². The lowest BCUT2D eigenvalue weighted by molar-refractivity contribution is -0.134. The summed E-state index contributed by atoms with van der Waals surface area (Å²) >= 11 is 0. The molecule has 39 heavy (non-hydrogen) atoms. The summed E-state index contributed by atoms with van der Waals surface area (Å²) in [5, 5.41) is 2.17. The number of hydrogen-bond donors (Lipinski definition) is 0. The van der Waals surface area contributed by atoms with Crippen LogP contribution in [-0.4, -0.2) is 52.8 Å². The van der Waals surface area contributed by atoms with Gasteiger partial charge in [0.1, 0.15) is 16.9 Å². The minimum Gasteiger partial charge on any atom is -0.456 e. The van der Waals surface area contributed by atoms with Crippen molar-refractivity contribution in [2.75, 3.05) is 31.6 Å². The molecule has 2 aromatic heterocycles. The lowest BCUT2D eigenvalue weighted by Crippen LogP contribution is -2.44. The molecule has 1 atom stereocenters. The first-order chi connectivity index (χ1) is 19.1. The summed E-state index contributed by atoms with van der Waals surface area (Å²) in [5.74, 6) is 0.350. The fourth-order valence-corrected chi connectivity index (χ4v) is 6.29. The number of aromatic nitrogens is 2. The molecule has 1 fully saturated rings. The summed E-state index contributed by atoms with van der Waals surface area (Å²) in [6.45, 7) is 1.51. The van der Waals surface area contributed by atoms with Crippen molar-refractivity contribution >= 4 is 39.3 Å². The lowest BCUT2D eigenvalue weighted by atomic mass is 9.87. The van der Waals surface area contributed by atoms with Gasteiger partial charge in [0.2, 0.25) is 5.91 Å². The van der Waals surface area contributed by atoms with E-state index < -0.39 is 0 Å². The Morgan fingerprint density at radius 3 is 2.62 bits per heavy atom. The summed E-state index contributed by atoms with van der Waals surface area (Å²) in [7, 11) is 1.93. The molecule has 7 rings (SSSR count). The number of anilines is 1. The predicted molar refractivity (Wildman–Crippen MR) is 152 cm³/mol. The number of amides is 1. The van der Waals surface area contributed by atoms with E-state index in [9.17, 15) is 9.59 Å². The zero-order chi connectivity index (χ0) is 26.5. The van der Waals surface area contributed by atoms with Crippen molar-refractivity contribution in [1.82, 2.24) is 14.5 Å². The Bertz CT molecular complexity index is 1710. The number of para-hydroxylation sites is 1. The Balaban J connectivity index is 0.968. The van der Waals surface area contributed by atoms with Gasteiger partial charge in [-0.05, 0) is 36.6 Å². The molecular formula is C32H30N4O3. The van der Waals surface area contributed by atoms with Gasteiger partial charge in [-0.3, -0.25) is 9.59 Å². The molecule has 7 nitrogen and oxygen atoms in total. The highest BCUT2D eigenvalue weighted by atomic mass is 16.3. The maximum atomic E-state index is 13.4. The van der Waals surface area contributed by atoms with E-state index >= 15 is 0 Å². The van der Waals surface area contributed by atoms with Crippen molar-refractivity contribution in [3.8, 4) is 11.3 Å². The number of rotatable bonds is 6. The van der Waals surface area contributed by atoms with Crippen LogP contribution < -0.4 is 4.90 Å². The fourth-order valence-electron chi connectivity index (χ4n) is 6.29. The Morgan fingerprint density at radius 1 is 0.974 bits per heavy atom. The highest BCUT2D eigenvalue weighted by Crippen LogP contribution is 2.41. The Kier molecular flexibility index (Phi) is 5.72. The molecule has 2 aliphatic heterocycles. The van der Waals surface area contributed by atoms with Crippen LogP contribution >= 0.6 is 0 Å². The van der Waals surface area contributed by atoms with Crippen LogP contribution in [0.3, 0.4) is 0 Å². The van der Waals surface area contributed by atoms with Crippen molar-refractivity contribution < 1.29 is 14.0 Å². The first kappa shape index (κ1) is 23.7. The molecule has 3 aromatic carbocycles. The van der Waals surface area contributed by atoms with Gasteiger partial charge in [-0.25, -0.2) is 4.98 Å². The number of likely N-dealkylation sites (N-methyl/N-ethyl adjacent to an activating group) is 1. The van der Waals surface area contributed by atoms with Gasteiger partial charge in [0.25, 0.3) is 0 Å². The molecule has 5 aromatic rings. The predicted octanol–water partition coefficient (Wildman–Crippen LogP) is 5.69. The molecule has 7 heteroatoms. The molecule has 0 bridgehead atoms. The molecule has 0 saturated carbocycles. The van der Waals surface area contributed by atoms with Crippen LogP contribution in [0.1, 0.15) is 30.9 Å². The van der Waals surface area contributed by atoms with E-state index in [-0.39, 0.29) is 30.2 Å². The smallest absolute Gasteiger partial charge is 0.242 e. The zero-order valence-electron chi connectivity index (χ0n) is 21.9. The van der Waals surface area contributed by atoms with Gasteiger partial charge in [0.05, 0.1) is 30.8 Å². The molecule has 4 heterocycles. The summed E-state index contributed by atoms with van der Waals surface area (Å²) in [4.78, 5) is 34.7. The number of fused-ring (bicyclic) bond motifs is 6. The van der Waals surface area contributed by atoms with Gasteiger partial charge in [-0.2, -0.15) is 0 Å². The molecule has 0 spiro atoms. The summed E-state index contributed by atoms with van der Waals surface area (Å²) in [6, 6.07) is 22.4. The van der Waals surface area contributed by atoms with Crippen molar-refractivity contribution in [3.63, 3.8) is 0 Å². The van der Waals surface area contributed by atoms with Crippen LogP contribution in [0.5, 0.6) is 0 Å². The summed E-state index contributed by atoms with van der Waals surface area (Å²) < 4.78 is 8.15. The number of furan rings is 1. The largest absolute Gasteiger partial charge is 0.456 e. The third kappa shape index (κ3) is 4.09. The number of piperidine rings is 1. The number of Topliss-reactive ketones (excluding diaryl/α,β-unsaturated/α-hetero) is 1. The van der Waals surface area contributed by atoms with Crippen molar-refractivity contribution in [1.29, 1.82) is 0 Å². The second-order valence-electron chi connectivity index (χ2n) is 10.7. The normalized spacial score (nSPS) is 16.9. The Morgan fingerprint density at radius 2 is 1.74 bits per heavy atom. The summed E-state index contributed by atoms with van der Waals surface area (Å²) in [6.07, 6.45) is 5.59. The number of hydrogen-bond acceptors (Lipinski definition) is 5. The van der Waals surface area contributed by atoms with Crippen LogP contribution in [0.2, 0.25) is 0 Å². The summed E-state index contributed by atoms with van der Waals surface area (Å²) in [5.41, 5.74) is 6.06. The molecule has 2 aliphatic rings. The van der Waals surface area contributed by atoms with E-state index in [0.29, 0.717) is 32.4 Å². The van der Waals surface area contributed by atoms with Gasteiger partial charge < -0.3 is 18.8 Å². The number of nitrogens with zero attached hydrogens (tertiary/aromatic N) is 4. The van der Waals surface area contributed by atoms with Crippen LogP contribution in [0.15, 0.2) is 83.7 Å². The molecule has 196 valence electrons. The average Bonchev–Trinajstić information content (AvgIpc) is 3.67. The van der Waals surface area contributed by atoms with Gasteiger partial charge in [-0.1, -0.05) is 42.5 Å². The minimum absolute atomic E-state index is 0.00334. The minimum atomic E-state index is -0.0120. The molecule has 0 aliphatic carbocycles. The Hall–Kier alpha value is -4.39. The third-order valence-corrected chi connectivity index (χ3v) is 8.47. The molecular weight excluding hydrogens is 488 g/mol. The van der Waals surface area contributed by atoms with E-state index in [1.165, 1.54) is 5.56 Å². The third-order valence-electron chi connectivity index (χ3n) is 8.47. The fraction of sp³-hybridized carbons (Fsp3) is 0.281. The molecule has 0 N–H and O–H groups in total. The maximum absolute atomic E-state index is 13.4. The van der Waals surface area contributed by atoms with Gasteiger partial charge in [0, 0.05) is 60.6 Å². The highest BCUT2D eigenvalue weighted by Gasteiger charge is 2.33. The number of benzene rings is 3. The molecule has 1 unspecified atom stereocenters.